The van der Waals surface area contributed by atoms with Gasteiger partial charge in [0.15, 0.2) is 0 Å². The second-order valence-corrected chi connectivity index (χ2v) is 2.38. The summed E-state index contributed by atoms with van der Waals surface area (Å²) in [6, 6.07) is 16.9. The van der Waals surface area contributed by atoms with Gasteiger partial charge in [-0.15, -0.1) is 0 Å². The van der Waals surface area contributed by atoms with E-state index in [0.717, 1.165) is 0 Å². The quantitative estimate of drug-likeness (QED) is 0.650. The molecule has 0 fully saturated rings. The molecule has 1 N–H and O–H groups in total. The molecule has 2 aromatic rings. The molecule has 2 rings (SSSR count). The lowest BCUT2D eigenvalue weighted by atomic mass is 10.4. The molecule has 0 radical (unpaired) electrons. The van der Waals surface area contributed by atoms with Crippen molar-refractivity contribution in [1.82, 2.24) is 4.98 Å². The highest BCUT2D eigenvalue weighted by molar-refractivity contribution is 4.99. The van der Waals surface area contributed by atoms with Crippen LogP contribution in [0.3, 0.4) is 0 Å². The maximum absolute atomic E-state index is 10.2. The summed E-state index contributed by atoms with van der Waals surface area (Å²) in [5.41, 5.74) is -0.0532. The van der Waals surface area contributed by atoms with E-state index in [9.17, 15) is 4.79 Å². The van der Waals surface area contributed by atoms with Gasteiger partial charge < -0.3 is 4.98 Å². The van der Waals surface area contributed by atoms with Crippen LogP contribution in [-0.4, -0.2) is 4.98 Å². The van der Waals surface area contributed by atoms with E-state index in [1.165, 1.54) is 6.07 Å². The predicted molar refractivity (Wildman–Crippen MR) is 53.5 cm³/mol. The van der Waals surface area contributed by atoms with Crippen molar-refractivity contribution in [2.24, 2.45) is 0 Å². The molecule has 1 aromatic carbocycles. The average Bonchev–Trinajstić information content (AvgIpc) is 2.22. The number of H-pyrrole nitrogens is 1. The highest BCUT2D eigenvalue weighted by Gasteiger charge is 1.69. The number of hydrogen-bond donors (Lipinski definition) is 1. The molecule has 13 heavy (non-hydrogen) atoms. The number of benzene rings is 1. The largest absolute Gasteiger partial charge is 0.329 e. The first-order valence-electron chi connectivity index (χ1n) is 4.03. The van der Waals surface area contributed by atoms with E-state index in [0.29, 0.717) is 0 Å². The third-order valence-electron chi connectivity index (χ3n) is 1.35. The zero-order chi connectivity index (χ0) is 9.36. The summed E-state index contributed by atoms with van der Waals surface area (Å²) in [4.78, 5) is 12.7. The summed E-state index contributed by atoms with van der Waals surface area (Å²) in [7, 11) is 0. The first-order valence-corrected chi connectivity index (χ1v) is 4.03. The monoisotopic (exact) mass is 173 g/mol. The summed E-state index contributed by atoms with van der Waals surface area (Å²) >= 11 is 0. The Hall–Kier alpha value is -1.83. The molecule has 2 nitrogen and oxygen atoms in total. The first kappa shape index (κ1) is 9.26. The molecule has 0 aliphatic rings. The number of rotatable bonds is 0. The molecule has 0 saturated carbocycles. The van der Waals surface area contributed by atoms with Crippen molar-refractivity contribution in [3.8, 4) is 0 Å². The summed E-state index contributed by atoms with van der Waals surface area (Å²) in [5.74, 6) is 0. The minimum absolute atomic E-state index is 0.0532. The van der Waals surface area contributed by atoms with Gasteiger partial charge in [0.1, 0.15) is 0 Å². The van der Waals surface area contributed by atoms with Crippen LogP contribution < -0.4 is 5.56 Å². The van der Waals surface area contributed by atoms with E-state index in [4.69, 9.17) is 0 Å². The molecule has 2 heteroatoms. The van der Waals surface area contributed by atoms with Crippen LogP contribution in [0.4, 0.5) is 0 Å². The molecular weight excluding hydrogens is 162 g/mol. The van der Waals surface area contributed by atoms with Gasteiger partial charge in [-0.1, -0.05) is 42.5 Å². The first-order chi connectivity index (χ1) is 6.39. The summed E-state index contributed by atoms with van der Waals surface area (Å²) < 4.78 is 0. The van der Waals surface area contributed by atoms with Crippen molar-refractivity contribution in [2.45, 2.75) is 0 Å². The molecule has 0 amide bonds. The lowest BCUT2D eigenvalue weighted by Gasteiger charge is -1.73. The van der Waals surface area contributed by atoms with Crippen molar-refractivity contribution >= 4 is 0 Å². The van der Waals surface area contributed by atoms with Gasteiger partial charge in [-0.05, 0) is 6.07 Å². The van der Waals surface area contributed by atoms with Crippen molar-refractivity contribution in [3.63, 3.8) is 0 Å². The maximum atomic E-state index is 10.2. The molecule has 1 heterocycles. The van der Waals surface area contributed by atoms with Crippen LogP contribution in [0.1, 0.15) is 0 Å². The standard InChI is InChI=1S/C6H6.C5H5NO/c1-2-4-6-5-3-1;7-5-3-1-2-4-6-5/h1-6H;1-4H,(H,6,7). The molecule has 0 bridgehead atoms. The lowest BCUT2D eigenvalue weighted by molar-refractivity contribution is 1.24. The smallest absolute Gasteiger partial charge is 0.247 e. The number of aromatic nitrogens is 1. The van der Waals surface area contributed by atoms with Crippen LogP contribution in [0.15, 0.2) is 65.6 Å². The fraction of sp³-hybridized carbons (Fsp3) is 0. The Morgan fingerprint density at radius 2 is 1.31 bits per heavy atom. The van der Waals surface area contributed by atoms with Crippen molar-refractivity contribution in [1.29, 1.82) is 0 Å². The predicted octanol–water partition coefficient (Wildman–Crippen LogP) is 2.06. The molecular formula is C11H11NO. The van der Waals surface area contributed by atoms with E-state index >= 15 is 0 Å². The Kier molecular flexibility index (Phi) is 4.11. The minimum Gasteiger partial charge on any atom is -0.329 e. The zero-order valence-corrected chi connectivity index (χ0v) is 7.18. The normalized spacial score (nSPS) is 8.31. The molecule has 1 aromatic heterocycles. The number of hydrogen-bond acceptors (Lipinski definition) is 1. The van der Waals surface area contributed by atoms with Crippen LogP contribution >= 0.6 is 0 Å². The lowest BCUT2D eigenvalue weighted by Crippen LogP contribution is -1.98. The molecule has 0 spiro atoms. The number of nitrogens with one attached hydrogen (secondary N) is 1. The number of pyridine rings is 1. The Bertz CT molecular complexity index is 323. The van der Waals surface area contributed by atoms with Gasteiger partial charge in [0, 0.05) is 12.3 Å². The van der Waals surface area contributed by atoms with E-state index in [1.54, 1.807) is 18.3 Å². The van der Waals surface area contributed by atoms with Crippen molar-refractivity contribution in [3.05, 3.63) is 71.1 Å². The summed E-state index contributed by atoms with van der Waals surface area (Å²) in [5, 5.41) is 0. The second kappa shape index (κ2) is 5.77. The molecule has 0 saturated heterocycles. The molecule has 0 aliphatic heterocycles. The van der Waals surface area contributed by atoms with Crippen molar-refractivity contribution < 1.29 is 0 Å². The Balaban J connectivity index is 0.000000132. The highest BCUT2D eigenvalue weighted by Crippen LogP contribution is 1.79. The molecule has 66 valence electrons. The van der Waals surface area contributed by atoms with Crippen LogP contribution in [0, 0.1) is 0 Å². The van der Waals surface area contributed by atoms with Crippen molar-refractivity contribution in [2.75, 3.05) is 0 Å². The topological polar surface area (TPSA) is 32.9 Å². The molecule has 0 atom stereocenters. The van der Waals surface area contributed by atoms with E-state index in [2.05, 4.69) is 4.98 Å². The molecule has 0 aliphatic carbocycles. The fourth-order valence-corrected chi connectivity index (χ4v) is 0.762. The SMILES string of the molecule is O=c1cccc[nH]1.c1ccccc1. The van der Waals surface area contributed by atoms with Crippen LogP contribution in [0.2, 0.25) is 0 Å². The fourth-order valence-electron chi connectivity index (χ4n) is 0.762. The Morgan fingerprint density at radius 1 is 0.769 bits per heavy atom. The van der Waals surface area contributed by atoms with Gasteiger partial charge >= 0.3 is 0 Å². The van der Waals surface area contributed by atoms with Crippen LogP contribution in [-0.2, 0) is 0 Å². The third kappa shape index (κ3) is 4.58. The van der Waals surface area contributed by atoms with Gasteiger partial charge in [-0.25, -0.2) is 0 Å². The minimum atomic E-state index is -0.0532. The maximum Gasteiger partial charge on any atom is 0.247 e. The Labute approximate surface area is 76.9 Å². The Morgan fingerprint density at radius 3 is 1.54 bits per heavy atom. The van der Waals surface area contributed by atoms with Gasteiger partial charge in [0.05, 0.1) is 0 Å². The van der Waals surface area contributed by atoms with Crippen LogP contribution in [0.25, 0.3) is 0 Å². The van der Waals surface area contributed by atoms with E-state index in [1.807, 2.05) is 36.4 Å². The van der Waals surface area contributed by atoms with Gasteiger partial charge in [0.2, 0.25) is 5.56 Å². The zero-order valence-electron chi connectivity index (χ0n) is 7.18. The summed E-state index contributed by atoms with van der Waals surface area (Å²) in [6.07, 6.45) is 1.60. The van der Waals surface area contributed by atoms with E-state index < -0.39 is 0 Å². The molecule has 0 unspecified atom stereocenters. The van der Waals surface area contributed by atoms with Gasteiger partial charge in [-0.2, -0.15) is 0 Å². The highest BCUT2D eigenvalue weighted by atomic mass is 16.1. The van der Waals surface area contributed by atoms with Gasteiger partial charge in [-0.3, -0.25) is 4.79 Å². The number of aromatic amines is 1. The van der Waals surface area contributed by atoms with E-state index in [-0.39, 0.29) is 5.56 Å². The average molecular weight is 173 g/mol. The second-order valence-electron chi connectivity index (χ2n) is 2.38. The summed E-state index contributed by atoms with van der Waals surface area (Å²) in [6.45, 7) is 0. The van der Waals surface area contributed by atoms with Gasteiger partial charge in [0.25, 0.3) is 0 Å². The third-order valence-corrected chi connectivity index (χ3v) is 1.35. The van der Waals surface area contributed by atoms with Crippen LogP contribution in [0.5, 0.6) is 0 Å².